The quantitative estimate of drug-likeness (QED) is 0.867. The van der Waals surface area contributed by atoms with E-state index in [1.165, 1.54) is 30.8 Å². The minimum atomic E-state index is -2.80. The topological polar surface area (TPSA) is 56.1 Å². The van der Waals surface area contributed by atoms with Gasteiger partial charge in [0, 0.05) is 12.7 Å². The van der Waals surface area contributed by atoms with Gasteiger partial charge in [-0.25, -0.2) is 13.6 Å². The summed E-state index contributed by atoms with van der Waals surface area (Å²) in [7, 11) is 1.50. The van der Waals surface area contributed by atoms with Crippen molar-refractivity contribution in [2.24, 2.45) is 18.9 Å². The Hall–Kier alpha value is -2.44. The number of rotatable bonds is 5. The Morgan fingerprint density at radius 1 is 1.36 bits per heavy atom. The van der Waals surface area contributed by atoms with Gasteiger partial charge in [0.05, 0.1) is 6.20 Å². The Balaban J connectivity index is 1.47. The van der Waals surface area contributed by atoms with Crippen LogP contribution in [0.4, 0.5) is 19.3 Å². The van der Waals surface area contributed by atoms with E-state index in [1.807, 2.05) is 24.3 Å². The van der Waals surface area contributed by atoms with E-state index in [4.69, 9.17) is 4.74 Å². The Bertz CT molecular complexity index is 801. The molecule has 0 radical (unpaired) electrons. The van der Waals surface area contributed by atoms with Crippen molar-refractivity contribution < 1.29 is 18.3 Å². The molecule has 2 aliphatic carbocycles. The second kappa shape index (κ2) is 6.13. The number of carbonyl (C=O) groups is 1. The normalized spacial score (nSPS) is 22.1. The lowest BCUT2D eigenvalue weighted by Crippen LogP contribution is -2.18. The molecule has 2 atom stereocenters. The second-order valence-corrected chi connectivity index (χ2v) is 6.80. The van der Waals surface area contributed by atoms with Crippen LogP contribution in [0.15, 0.2) is 30.5 Å². The highest BCUT2D eigenvalue weighted by atomic mass is 19.3. The van der Waals surface area contributed by atoms with Gasteiger partial charge in [0.15, 0.2) is 11.4 Å². The summed E-state index contributed by atoms with van der Waals surface area (Å²) in [6, 6.07) is 7.61. The summed E-state index contributed by atoms with van der Waals surface area (Å²) in [5.41, 5.74) is 1.24. The zero-order valence-corrected chi connectivity index (χ0v) is 13.8. The predicted molar refractivity (Wildman–Crippen MR) is 87.8 cm³/mol. The van der Waals surface area contributed by atoms with Gasteiger partial charge in [-0.2, -0.15) is 5.10 Å². The minimum Gasteiger partial charge on any atom is -0.406 e. The number of alkyl halides is 2. The number of carbonyl (C=O) groups excluding carboxylic acids is 1. The predicted octanol–water partition coefficient (Wildman–Crippen LogP) is 4.48. The van der Waals surface area contributed by atoms with E-state index in [0.29, 0.717) is 17.5 Å². The number of aromatic nitrogens is 2. The lowest BCUT2D eigenvalue weighted by atomic mass is 10.1. The number of halogens is 2. The number of nitrogens with zero attached hydrogens (tertiary/aromatic N) is 2. The van der Waals surface area contributed by atoms with E-state index in [1.54, 1.807) is 0 Å². The van der Waals surface area contributed by atoms with Crippen LogP contribution in [0.5, 0.6) is 5.75 Å². The van der Waals surface area contributed by atoms with Crippen LogP contribution in [0.3, 0.4) is 0 Å². The van der Waals surface area contributed by atoms with E-state index in [2.05, 4.69) is 10.4 Å². The van der Waals surface area contributed by atoms with E-state index < -0.39 is 18.2 Å². The molecule has 1 aromatic heterocycles. The van der Waals surface area contributed by atoms with Crippen LogP contribution in [0, 0.1) is 11.8 Å². The number of anilines is 1. The summed E-state index contributed by atoms with van der Waals surface area (Å²) < 4.78 is 32.1. The molecule has 2 fully saturated rings. The molecule has 0 spiro atoms. The SMILES string of the molecule is Cn1cc(OC(=O)Nc2ccccc2[C@@H]2C[C@H]2C2CC2)c(C(F)F)n1. The van der Waals surface area contributed by atoms with Gasteiger partial charge >= 0.3 is 6.09 Å². The summed E-state index contributed by atoms with van der Waals surface area (Å²) in [4.78, 5) is 12.2. The Kier molecular flexibility index (Phi) is 3.94. The second-order valence-electron chi connectivity index (χ2n) is 6.80. The van der Waals surface area contributed by atoms with Crippen LogP contribution in [-0.2, 0) is 7.05 Å². The van der Waals surface area contributed by atoms with Crippen LogP contribution in [-0.4, -0.2) is 15.9 Å². The van der Waals surface area contributed by atoms with Gasteiger partial charge in [-0.05, 0) is 48.6 Å². The molecule has 132 valence electrons. The molecule has 25 heavy (non-hydrogen) atoms. The van der Waals surface area contributed by atoms with Crippen LogP contribution in [0.25, 0.3) is 0 Å². The van der Waals surface area contributed by atoms with Gasteiger partial charge in [-0.15, -0.1) is 0 Å². The molecular weight excluding hydrogens is 328 g/mol. The van der Waals surface area contributed by atoms with E-state index in [-0.39, 0.29) is 5.75 Å². The molecule has 1 amide bonds. The molecule has 2 aliphatic rings. The molecular formula is C18H19F2N3O2. The highest BCUT2D eigenvalue weighted by Crippen LogP contribution is 2.60. The molecule has 0 saturated heterocycles. The summed E-state index contributed by atoms with van der Waals surface area (Å²) in [5, 5.41) is 6.32. The average Bonchev–Trinajstić information content (AvgIpc) is 3.45. The molecule has 2 aromatic rings. The maximum Gasteiger partial charge on any atom is 0.417 e. The summed E-state index contributed by atoms with van der Waals surface area (Å²) in [6.45, 7) is 0. The minimum absolute atomic E-state index is 0.227. The van der Waals surface area contributed by atoms with Crippen LogP contribution >= 0.6 is 0 Å². The third-order valence-electron chi connectivity index (χ3n) is 4.90. The van der Waals surface area contributed by atoms with Crippen LogP contribution in [0.2, 0.25) is 0 Å². The number of hydrogen-bond donors (Lipinski definition) is 1. The molecule has 7 heteroatoms. The molecule has 1 N–H and O–H groups in total. The van der Waals surface area contributed by atoms with Crippen molar-refractivity contribution >= 4 is 11.8 Å². The molecule has 4 rings (SSSR count). The lowest BCUT2D eigenvalue weighted by Gasteiger charge is -2.11. The monoisotopic (exact) mass is 347 g/mol. The van der Waals surface area contributed by atoms with Crippen molar-refractivity contribution in [3.63, 3.8) is 0 Å². The van der Waals surface area contributed by atoms with Crippen LogP contribution < -0.4 is 10.1 Å². The van der Waals surface area contributed by atoms with Gasteiger partial charge < -0.3 is 4.74 Å². The van der Waals surface area contributed by atoms with Gasteiger partial charge in [0.1, 0.15) is 0 Å². The first-order chi connectivity index (χ1) is 12.0. The fourth-order valence-corrected chi connectivity index (χ4v) is 3.50. The van der Waals surface area contributed by atoms with Crippen molar-refractivity contribution in [2.45, 2.75) is 31.6 Å². The summed E-state index contributed by atoms with van der Waals surface area (Å²) in [5.74, 6) is 1.78. The zero-order chi connectivity index (χ0) is 17.6. The molecule has 1 heterocycles. The molecule has 5 nitrogen and oxygen atoms in total. The first kappa shape index (κ1) is 16.1. The smallest absolute Gasteiger partial charge is 0.406 e. The van der Waals surface area contributed by atoms with E-state index in [0.717, 1.165) is 17.9 Å². The molecule has 2 saturated carbocycles. The lowest BCUT2D eigenvalue weighted by molar-refractivity contribution is 0.141. The summed E-state index contributed by atoms with van der Waals surface area (Å²) >= 11 is 0. The van der Waals surface area contributed by atoms with Crippen molar-refractivity contribution in [2.75, 3.05) is 5.32 Å². The number of ether oxygens (including phenoxy) is 1. The zero-order valence-electron chi connectivity index (χ0n) is 13.8. The molecule has 1 aromatic carbocycles. The Morgan fingerprint density at radius 3 is 2.84 bits per heavy atom. The number of para-hydroxylation sites is 1. The van der Waals surface area contributed by atoms with Gasteiger partial charge in [0.2, 0.25) is 0 Å². The number of nitrogens with one attached hydrogen (secondary N) is 1. The van der Waals surface area contributed by atoms with E-state index >= 15 is 0 Å². The maximum absolute atomic E-state index is 12.9. The first-order valence-electron chi connectivity index (χ1n) is 8.42. The van der Waals surface area contributed by atoms with Crippen molar-refractivity contribution in [1.29, 1.82) is 0 Å². The number of aryl methyl sites for hydroxylation is 1. The first-order valence-corrected chi connectivity index (χ1v) is 8.42. The highest BCUT2D eigenvalue weighted by Gasteiger charge is 2.48. The Morgan fingerprint density at radius 2 is 2.12 bits per heavy atom. The van der Waals surface area contributed by atoms with Crippen molar-refractivity contribution in [3.05, 3.63) is 41.7 Å². The third kappa shape index (κ3) is 3.36. The van der Waals surface area contributed by atoms with Crippen molar-refractivity contribution in [3.8, 4) is 5.75 Å². The molecule has 0 aliphatic heterocycles. The third-order valence-corrected chi connectivity index (χ3v) is 4.90. The number of amides is 1. The van der Waals surface area contributed by atoms with Gasteiger partial charge in [-0.3, -0.25) is 10.00 Å². The van der Waals surface area contributed by atoms with Gasteiger partial charge in [-0.1, -0.05) is 18.2 Å². The average molecular weight is 347 g/mol. The number of benzene rings is 1. The fraction of sp³-hybridized carbons (Fsp3) is 0.444. The summed E-state index contributed by atoms with van der Waals surface area (Å²) in [6.07, 6.45) is 1.42. The molecule has 0 bridgehead atoms. The maximum atomic E-state index is 12.9. The van der Waals surface area contributed by atoms with Gasteiger partial charge in [0.25, 0.3) is 6.43 Å². The van der Waals surface area contributed by atoms with Crippen molar-refractivity contribution in [1.82, 2.24) is 9.78 Å². The standard InChI is InChI=1S/C18H19F2N3O2/c1-23-9-15(16(22-23)17(19)20)25-18(24)21-14-5-3-2-4-11(14)13-8-12(13)10-6-7-10/h2-5,9-10,12-13,17H,6-8H2,1H3,(H,21,24)/t12-,13-/m0/s1. The van der Waals surface area contributed by atoms with E-state index in [9.17, 15) is 13.6 Å². The number of hydrogen-bond acceptors (Lipinski definition) is 3. The largest absolute Gasteiger partial charge is 0.417 e. The molecule has 0 unspecified atom stereocenters. The fourth-order valence-electron chi connectivity index (χ4n) is 3.50. The van der Waals surface area contributed by atoms with Crippen LogP contribution in [0.1, 0.15) is 42.9 Å². The highest BCUT2D eigenvalue weighted by molar-refractivity contribution is 5.87. The Labute approximate surface area is 144 Å².